The lowest BCUT2D eigenvalue weighted by Crippen LogP contribution is -2.32. The molecule has 0 aromatic heterocycles. The molecule has 148 valence electrons. The number of nitrogens with one attached hydrogen (secondary N) is 2. The second-order valence-corrected chi connectivity index (χ2v) is 6.39. The Kier molecular flexibility index (Phi) is 7.14. The van der Waals surface area contributed by atoms with Crippen molar-refractivity contribution in [1.29, 1.82) is 0 Å². The number of amides is 2. The number of methoxy groups -OCH3 is 1. The van der Waals surface area contributed by atoms with Crippen molar-refractivity contribution in [1.82, 2.24) is 5.32 Å². The molecule has 0 bridgehead atoms. The summed E-state index contributed by atoms with van der Waals surface area (Å²) in [5.74, 6) is -0.935. The average Bonchev–Trinajstić information content (AvgIpc) is 2.67. The largest absolute Gasteiger partial charge is 0.497 e. The molecule has 2 amide bonds. The van der Waals surface area contributed by atoms with Gasteiger partial charge < -0.3 is 20.1 Å². The molecule has 2 aromatic rings. The van der Waals surface area contributed by atoms with Gasteiger partial charge in [0.1, 0.15) is 12.3 Å². The summed E-state index contributed by atoms with van der Waals surface area (Å²) in [6, 6.07) is 10.4. The van der Waals surface area contributed by atoms with Gasteiger partial charge in [0, 0.05) is 11.3 Å². The summed E-state index contributed by atoms with van der Waals surface area (Å²) in [5.41, 5.74) is 4.07. The highest BCUT2D eigenvalue weighted by atomic mass is 16.5. The minimum atomic E-state index is -0.700. The predicted molar refractivity (Wildman–Crippen MR) is 106 cm³/mol. The van der Waals surface area contributed by atoms with E-state index in [9.17, 15) is 14.4 Å². The van der Waals surface area contributed by atoms with Crippen LogP contribution in [0.3, 0.4) is 0 Å². The molecule has 0 aliphatic carbocycles. The zero-order valence-corrected chi connectivity index (χ0v) is 16.4. The number of hydrogen-bond acceptors (Lipinski definition) is 5. The Morgan fingerprint density at radius 1 is 0.964 bits per heavy atom. The summed E-state index contributed by atoms with van der Waals surface area (Å²) in [5, 5.41) is 5.20. The molecule has 0 aliphatic heterocycles. The van der Waals surface area contributed by atoms with Gasteiger partial charge in [0.2, 0.25) is 0 Å². The Morgan fingerprint density at radius 2 is 1.57 bits per heavy atom. The van der Waals surface area contributed by atoms with Gasteiger partial charge in [-0.05, 0) is 56.2 Å². The summed E-state index contributed by atoms with van der Waals surface area (Å²) >= 11 is 0. The fraction of sp³-hybridized carbons (Fsp3) is 0.286. The van der Waals surface area contributed by atoms with Crippen molar-refractivity contribution in [2.45, 2.75) is 20.8 Å². The average molecular weight is 384 g/mol. The van der Waals surface area contributed by atoms with E-state index in [1.165, 1.54) is 7.11 Å². The number of esters is 1. The zero-order valence-electron chi connectivity index (χ0n) is 16.4. The molecule has 2 rings (SSSR count). The number of hydrogen-bond donors (Lipinski definition) is 2. The van der Waals surface area contributed by atoms with Crippen LogP contribution in [0.5, 0.6) is 5.75 Å². The van der Waals surface area contributed by atoms with E-state index in [-0.39, 0.29) is 6.54 Å². The third kappa shape index (κ3) is 5.84. The first kappa shape index (κ1) is 21.0. The Balaban J connectivity index is 1.78. The first-order valence-electron chi connectivity index (χ1n) is 8.75. The van der Waals surface area contributed by atoms with Crippen LogP contribution in [0.15, 0.2) is 36.4 Å². The summed E-state index contributed by atoms with van der Waals surface area (Å²) in [4.78, 5) is 35.8. The van der Waals surface area contributed by atoms with Gasteiger partial charge in [0.25, 0.3) is 11.8 Å². The minimum absolute atomic E-state index is 0.333. The molecule has 28 heavy (non-hydrogen) atoms. The third-order valence-corrected chi connectivity index (χ3v) is 4.05. The standard InChI is InChI=1S/C21H24N2O5/c1-13-9-14(2)20(15(3)10-13)23-18(24)12-28-19(25)11-22-21(26)16-5-7-17(27-4)8-6-16/h5-10H,11-12H2,1-4H3,(H,22,26)(H,23,24). The lowest BCUT2D eigenvalue weighted by Gasteiger charge is -2.13. The molecule has 0 saturated heterocycles. The van der Waals surface area contributed by atoms with Crippen LogP contribution in [0.4, 0.5) is 5.69 Å². The van der Waals surface area contributed by atoms with E-state index >= 15 is 0 Å². The van der Waals surface area contributed by atoms with Gasteiger partial charge in [-0.25, -0.2) is 0 Å². The van der Waals surface area contributed by atoms with Crippen molar-refractivity contribution in [3.8, 4) is 5.75 Å². The zero-order chi connectivity index (χ0) is 20.7. The Morgan fingerprint density at radius 3 is 2.14 bits per heavy atom. The van der Waals surface area contributed by atoms with Crippen molar-refractivity contribution >= 4 is 23.5 Å². The Bertz CT molecular complexity index is 852. The highest BCUT2D eigenvalue weighted by molar-refractivity contribution is 5.97. The summed E-state index contributed by atoms with van der Waals surface area (Å²) in [6.45, 7) is 5.02. The predicted octanol–water partition coefficient (Wildman–Crippen LogP) is 2.53. The molecule has 2 aromatic carbocycles. The quantitative estimate of drug-likeness (QED) is 0.716. The molecule has 0 heterocycles. The molecule has 7 heteroatoms. The van der Waals surface area contributed by atoms with Crippen LogP contribution in [-0.2, 0) is 14.3 Å². The van der Waals surface area contributed by atoms with E-state index < -0.39 is 24.4 Å². The molecule has 0 radical (unpaired) electrons. The lowest BCUT2D eigenvalue weighted by atomic mass is 10.1. The van der Waals surface area contributed by atoms with Crippen LogP contribution < -0.4 is 15.4 Å². The summed E-state index contributed by atoms with van der Waals surface area (Å²) in [7, 11) is 1.53. The highest BCUT2D eigenvalue weighted by Crippen LogP contribution is 2.21. The first-order chi connectivity index (χ1) is 13.3. The molecule has 0 unspecified atom stereocenters. The summed E-state index contributed by atoms with van der Waals surface area (Å²) < 4.78 is 9.94. The number of rotatable bonds is 7. The van der Waals surface area contributed by atoms with Crippen LogP contribution >= 0.6 is 0 Å². The van der Waals surface area contributed by atoms with E-state index in [0.717, 1.165) is 16.7 Å². The van der Waals surface area contributed by atoms with Gasteiger partial charge in [-0.2, -0.15) is 0 Å². The number of anilines is 1. The molecule has 0 atom stereocenters. The van der Waals surface area contributed by atoms with Crippen LogP contribution in [0.25, 0.3) is 0 Å². The fourth-order valence-electron chi connectivity index (χ4n) is 2.75. The minimum Gasteiger partial charge on any atom is -0.497 e. The lowest BCUT2D eigenvalue weighted by molar-refractivity contribution is -0.146. The van der Waals surface area contributed by atoms with E-state index in [2.05, 4.69) is 10.6 Å². The molecule has 0 spiro atoms. The van der Waals surface area contributed by atoms with Gasteiger partial charge in [-0.15, -0.1) is 0 Å². The Hall–Kier alpha value is -3.35. The molecule has 2 N–H and O–H groups in total. The maximum Gasteiger partial charge on any atom is 0.325 e. The molecule has 0 fully saturated rings. The van der Waals surface area contributed by atoms with Crippen LogP contribution in [0.2, 0.25) is 0 Å². The second kappa shape index (κ2) is 9.55. The first-order valence-corrected chi connectivity index (χ1v) is 8.75. The summed E-state index contributed by atoms with van der Waals surface area (Å²) in [6.07, 6.45) is 0. The van der Waals surface area contributed by atoms with E-state index in [1.54, 1.807) is 24.3 Å². The van der Waals surface area contributed by atoms with Gasteiger partial charge in [-0.1, -0.05) is 17.7 Å². The normalized spacial score (nSPS) is 10.1. The van der Waals surface area contributed by atoms with Crippen molar-refractivity contribution in [3.63, 3.8) is 0 Å². The van der Waals surface area contributed by atoms with Crippen molar-refractivity contribution in [3.05, 3.63) is 58.7 Å². The molecule has 0 saturated carbocycles. The number of ether oxygens (including phenoxy) is 2. The monoisotopic (exact) mass is 384 g/mol. The molecule has 0 aliphatic rings. The molecular formula is C21H24N2O5. The second-order valence-electron chi connectivity index (χ2n) is 6.39. The number of carbonyl (C=O) groups excluding carboxylic acids is 3. The van der Waals surface area contributed by atoms with Gasteiger partial charge >= 0.3 is 5.97 Å². The molecule has 7 nitrogen and oxygen atoms in total. The van der Waals surface area contributed by atoms with Crippen molar-refractivity contribution in [2.75, 3.05) is 25.6 Å². The maximum absolute atomic E-state index is 12.0. The highest BCUT2D eigenvalue weighted by Gasteiger charge is 2.13. The van der Waals surface area contributed by atoms with Crippen LogP contribution in [0, 0.1) is 20.8 Å². The van der Waals surface area contributed by atoms with E-state index in [4.69, 9.17) is 9.47 Å². The van der Waals surface area contributed by atoms with Crippen molar-refractivity contribution in [2.24, 2.45) is 0 Å². The van der Waals surface area contributed by atoms with Crippen LogP contribution in [-0.4, -0.2) is 38.0 Å². The van der Waals surface area contributed by atoms with Crippen molar-refractivity contribution < 1.29 is 23.9 Å². The number of benzene rings is 2. The maximum atomic E-state index is 12.0. The fourth-order valence-corrected chi connectivity index (χ4v) is 2.75. The van der Waals surface area contributed by atoms with E-state index in [0.29, 0.717) is 17.0 Å². The SMILES string of the molecule is COc1ccc(C(=O)NCC(=O)OCC(=O)Nc2c(C)cc(C)cc2C)cc1. The molecular weight excluding hydrogens is 360 g/mol. The van der Waals surface area contributed by atoms with E-state index in [1.807, 2.05) is 32.9 Å². The van der Waals surface area contributed by atoms with Gasteiger partial charge in [-0.3, -0.25) is 14.4 Å². The van der Waals surface area contributed by atoms with Crippen LogP contribution in [0.1, 0.15) is 27.0 Å². The smallest absolute Gasteiger partial charge is 0.325 e. The number of carbonyl (C=O) groups is 3. The van der Waals surface area contributed by atoms with Gasteiger partial charge in [0.05, 0.1) is 7.11 Å². The topological polar surface area (TPSA) is 93.7 Å². The van der Waals surface area contributed by atoms with Gasteiger partial charge in [0.15, 0.2) is 6.61 Å². The third-order valence-electron chi connectivity index (χ3n) is 4.05. The number of aryl methyl sites for hydroxylation is 3. The Labute approximate surface area is 164 Å².